The van der Waals surface area contributed by atoms with E-state index in [2.05, 4.69) is 15.9 Å². The first-order chi connectivity index (χ1) is 10.2. The Labute approximate surface area is 133 Å². The van der Waals surface area contributed by atoms with Crippen molar-refractivity contribution in [2.75, 3.05) is 14.2 Å². The van der Waals surface area contributed by atoms with Crippen molar-refractivity contribution in [1.82, 2.24) is 0 Å². The zero-order valence-corrected chi connectivity index (χ0v) is 13.5. The van der Waals surface area contributed by atoms with Gasteiger partial charge >= 0.3 is 0 Å². The van der Waals surface area contributed by atoms with Crippen LogP contribution in [-0.4, -0.2) is 19.3 Å². The molecule has 4 heteroatoms. The molecule has 1 N–H and O–H groups in total. The molecule has 0 fully saturated rings. The molecular weight excluding hydrogens is 332 g/mol. The lowest BCUT2D eigenvalue weighted by atomic mass is 10.1. The lowest BCUT2D eigenvalue weighted by Crippen LogP contribution is -1.94. The molecule has 0 aliphatic heterocycles. The Morgan fingerprint density at radius 3 is 2.43 bits per heavy atom. The fourth-order valence-electron chi connectivity index (χ4n) is 1.98. The predicted molar refractivity (Wildman–Crippen MR) is 87.7 cm³/mol. The van der Waals surface area contributed by atoms with Gasteiger partial charge < -0.3 is 14.6 Å². The summed E-state index contributed by atoms with van der Waals surface area (Å²) in [7, 11) is 3.20. The van der Waals surface area contributed by atoms with E-state index >= 15 is 0 Å². The Hall–Kier alpha value is -1.78. The van der Waals surface area contributed by atoms with Crippen LogP contribution in [0.1, 0.15) is 17.2 Å². The fraction of sp³-hybridized carbons (Fsp3) is 0.176. The number of rotatable bonds is 5. The maximum atomic E-state index is 10.2. The molecule has 3 nitrogen and oxygen atoms in total. The monoisotopic (exact) mass is 348 g/mol. The molecule has 110 valence electrons. The molecule has 0 saturated heterocycles. The van der Waals surface area contributed by atoms with Crippen LogP contribution in [0.5, 0.6) is 11.5 Å². The normalized spacial score (nSPS) is 12.4. The molecule has 0 bridgehead atoms. The third kappa shape index (κ3) is 3.86. The first-order valence-corrected chi connectivity index (χ1v) is 7.27. The molecule has 0 aliphatic carbocycles. The second-order valence-corrected chi connectivity index (χ2v) is 5.29. The highest BCUT2D eigenvalue weighted by atomic mass is 79.9. The summed E-state index contributed by atoms with van der Waals surface area (Å²) in [5, 5.41) is 10.2. The summed E-state index contributed by atoms with van der Waals surface area (Å²) in [5.74, 6) is 1.34. The van der Waals surface area contributed by atoms with Crippen LogP contribution in [0.3, 0.4) is 0 Å². The smallest absolute Gasteiger partial charge is 0.161 e. The zero-order valence-electron chi connectivity index (χ0n) is 11.9. The number of methoxy groups -OCH3 is 2. The average molecular weight is 349 g/mol. The number of hydrogen-bond donors (Lipinski definition) is 1. The molecular formula is C17H17BrO3. The Balaban J connectivity index is 2.19. The maximum Gasteiger partial charge on any atom is 0.161 e. The van der Waals surface area contributed by atoms with E-state index in [9.17, 15) is 5.11 Å². The van der Waals surface area contributed by atoms with Gasteiger partial charge in [0, 0.05) is 4.47 Å². The molecule has 2 aromatic rings. The molecule has 0 amide bonds. The Morgan fingerprint density at radius 1 is 1.05 bits per heavy atom. The Bertz CT molecular complexity index is 638. The third-order valence-corrected chi connectivity index (χ3v) is 3.82. The molecule has 0 heterocycles. The summed E-state index contributed by atoms with van der Waals surface area (Å²) in [4.78, 5) is 0. The van der Waals surface area contributed by atoms with E-state index in [0.29, 0.717) is 11.5 Å². The van der Waals surface area contributed by atoms with Crippen LogP contribution in [-0.2, 0) is 0 Å². The minimum Gasteiger partial charge on any atom is -0.493 e. The molecule has 21 heavy (non-hydrogen) atoms. The fourth-order valence-corrected chi connectivity index (χ4v) is 2.50. The van der Waals surface area contributed by atoms with Crippen molar-refractivity contribution in [1.29, 1.82) is 0 Å². The van der Waals surface area contributed by atoms with Gasteiger partial charge in [0.2, 0.25) is 0 Å². The van der Waals surface area contributed by atoms with Crippen LogP contribution >= 0.6 is 15.9 Å². The van der Waals surface area contributed by atoms with Crippen molar-refractivity contribution in [3.8, 4) is 11.5 Å². The van der Waals surface area contributed by atoms with Gasteiger partial charge in [-0.3, -0.25) is 0 Å². The molecule has 0 saturated carbocycles. The van der Waals surface area contributed by atoms with E-state index in [0.717, 1.165) is 15.6 Å². The maximum absolute atomic E-state index is 10.2. The minimum atomic E-state index is -0.673. The van der Waals surface area contributed by atoms with E-state index in [4.69, 9.17) is 9.47 Å². The van der Waals surface area contributed by atoms with Crippen LogP contribution in [0.25, 0.3) is 6.08 Å². The van der Waals surface area contributed by atoms with Crippen LogP contribution in [0.2, 0.25) is 0 Å². The molecule has 0 aromatic heterocycles. The van der Waals surface area contributed by atoms with Gasteiger partial charge in [-0.2, -0.15) is 0 Å². The van der Waals surface area contributed by atoms with E-state index in [1.165, 1.54) is 0 Å². The van der Waals surface area contributed by atoms with E-state index in [1.807, 2.05) is 48.5 Å². The zero-order chi connectivity index (χ0) is 15.2. The quantitative estimate of drug-likeness (QED) is 0.879. The van der Waals surface area contributed by atoms with Gasteiger partial charge in [0.25, 0.3) is 0 Å². The number of aliphatic hydroxyl groups is 1. The predicted octanol–water partition coefficient (Wildman–Crippen LogP) is 4.21. The Kier molecular flexibility index (Phi) is 5.42. The van der Waals surface area contributed by atoms with Gasteiger partial charge in [0.15, 0.2) is 11.5 Å². The highest BCUT2D eigenvalue weighted by molar-refractivity contribution is 9.10. The SMILES string of the molecule is COc1ccc(/C=C/C(O)c2ccccc2Br)cc1OC. The van der Waals surface area contributed by atoms with Crippen LogP contribution in [0.4, 0.5) is 0 Å². The second-order valence-electron chi connectivity index (χ2n) is 4.44. The molecule has 2 aromatic carbocycles. The first kappa shape index (κ1) is 15.6. The summed E-state index contributed by atoms with van der Waals surface area (Å²) in [6.07, 6.45) is 2.92. The van der Waals surface area contributed by atoms with Crippen molar-refractivity contribution < 1.29 is 14.6 Å². The Morgan fingerprint density at radius 2 is 1.76 bits per heavy atom. The van der Waals surface area contributed by atoms with Crippen LogP contribution in [0.15, 0.2) is 53.0 Å². The van der Waals surface area contributed by atoms with E-state index in [-0.39, 0.29) is 0 Å². The molecule has 0 spiro atoms. The second kappa shape index (κ2) is 7.29. The van der Waals surface area contributed by atoms with E-state index in [1.54, 1.807) is 20.3 Å². The summed E-state index contributed by atoms with van der Waals surface area (Å²) in [5.41, 5.74) is 1.76. The minimum absolute atomic E-state index is 0.662. The summed E-state index contributed by atoms with van der Waals surface area (Å²) < 4.78 is 11.3. The number of hydrogen-bond acceptors (Lipinski definition) is 3. The lowest BCUT2D eigenvalue weighted by Gasteiger charge is -2.09. The van der Waals surface area contributed by atoms with Gasteiger partial charge in [-0.15, -0.1) is 0 Å². The van der Waals surface area contributed by atoms with Crippen molar-refractivity contribution in [2.24, 2.45) is 0 Å². The van der Waals surface area contributed by atoms with Gasteiger partial charge in [-0.1, -0.05) is 52.3 Å². The van der Waals surface area contributed by atoms with Crippen molar-refractivity contribution in [3.05, 3.63) is 64.1 Å². The van der Waals surface area contributed by atoms with Gasteiger partial charge in [0.1, 0.15) is 0 Å². The highest BCUT2D eigenvalue weighted by Crippen LogP contribution is 2.29. The summed E-state index contributed by atoms with van der Waals surface area (Å²) >= 11 is 3.43. The molecule has 2 rings (SSSR count). The van der Waals surface area contributed by atoms with E-state index < -0.39 is 6.10 Å². The van der Waals surface area contributed by atoms with Gasteiger partial charge in [-0.25, -0.2) is 0 Å². The number of aliphatic hydroxyl groups excluding tert-OH is 1. The van der Waals surface area contributed by atoms with Crippen LogP contribution < -0.4 is 9.47 Å². The number of benzene rings is 2. The molecule has 1 unspecified atom stereocenters. The lowest BCUT2D eigenvalue weighted by molar-refractivity contribution is 0.229. The largest absolute Gasteiger partial charge is 0.493 e. The number of ether oxygens (including phenoxy) is 2. The van der Waals surface area contributed by atoms with Gasteiger partial charge in [-0.05, 0) is 29.3 Å². The number of halogens is 1. The summed E-state index contributed by atoms with van der Waals surface area (Å²) in [6.45, 7) is 0. The van der Waals surface area contributed by atoms with Crippen LogP contribution in [0, 0.1) is 0 Å². The molecule has 0 radical (unpaired) electrons. The van der Waals surface area contributed by atoms with Crippen molar-refractivity contribution in [2.45, 2.75) is 6.10 Å². The topological polar surface area (TPSA) is 38.7 Å². The van der Waals surface area contributed by atoms with Gasteiger partial charge in [0.05, 0.1) is 20.3 Å². The molecule has 0 aliphatic rings. The average Bonchev–Trinajstić information content (AvgIpc) is 2.52. The van der Waals surface area contributed by atoms with Crippen molar-refractivity contribution >= 4 is 22.0 Å². The summed E-state index contributed by atoms with van der Waals surface area (Å²) in [6, 6.07) is 13.2. The van der Waals surface area contributed by atoms with Crippen molar-refractivity contribution in [3.63, 3.8) is 0 Å². The first-order valence-electron chi connectivity index (χ1n) is 6.48. The third-order valence-electron chi connectivity index (χ3n) is 3.10. The highest BCUT2D eigenvalue weighted by Gasteiger charge is 2.07. The standard InChI is InChI=1S/C17H17BrO3/c1-20-16-10-8-12(11-17(16)21-2)7-9-15(19)13-5-3-4-6-14(13)18/h3-11,15,19H,1-2H3/b9-7+. The molecule has 1 atom stereocenters.